The molecule has 1 atom stereocenters. The lowest BCUT2D eigenvalue weighted by Gasteiger charge is -2.27. The summed E-state index contributed by atoms with van der Waals surface area (Å²) in [6.07, 6.45) is 0.00567. The molecule has 1 saturated carbocycles. The summed E-state index contributed by atoms with van der Waals surface area (Å²) in [6.45, 7) is 0.650. The highest BCUT2D eigenvalue weighted by Gasteiger charge is 2.36. The Morgan fingerprint density at radius 3 is 2.86 bits per heavy atom. The Balaban J connectivity index is 1.60. The molecule has 9 heteroatoms. The number of sulfonamides is 1. The van der Waals surface area contributed by atoms with Crippen LogP contribution in [-0.4, -0.2) is 44.1 Å². The van der Waals surface area contributed by atoms with Gasteiger partial charge < -0.3 is 15.2 Å². The molecule has 4 N–H and O–H groups in total. The molecular weight excluding hydrogens is 310 g/mol. The van der Waals surface area contributed by atoms with E-state index in [1.165, 1.54) is 0 Å². The number of benzene rings is 1. The highest BCUT2D eigenvalue weighted by Crippen LogP contribution is 2.32. The van der Waals surface area contributed by atoms with E-state index in [0.717, 1.165) is 12.8 Å². The van der Waals surface area contributed by atoms with Crippen molar-refractivity contribution < 1.29 is 23.1 Å². The summed E-state index contributed by atoms with van der Waals surface area (Å²) in [4.78, 5) is 10.6. The molecule has 1 amide bonds. The first kappa shape index (κ1) is 14.9. The molecule has 0 radical (unpaired) electrons. The Morgan fingerprint density at radius 1 is 1.41 bits per heavy atom. The Kier molecular flexibility index (Phi) is 3.83. The van der Waals surface area contributed by atoms with Crippen LogP contribution >= 0.6 is 0 Å². The zero-order valence-corrected chi connectivity index (χ0v) is 12.5. The zero-order valence-electron chi connectivity index (χ0n) is 11.7. The quantitative estimate of drug-likeness (QED) is 0.642. The average molecular weight is 327 g/mol. The minimum absolute atomic E-state index is 0.209. The minimum atomic E-state index is -3.22. The maximum atomic E-state index is 11.8. The monoisotopic (exact) mass is 327 g/mol. The molecule has 1 fully saturated rings. The van der Waals surface area contributed by atoms with Crippen molar-refractivity contribution in [2.24, 2.45) is 0 Å². The van der Waals surface area contributed by atoms with E-state index in [-0.39, 0.29) is 17.9 Å². The summed E-state index contributed by atoms with van der Waals surface area (Å²) in [7, 11) is -3.22. The Bertz CT molecular complexity index is 687. The SMILES string of the molecule is O=C(O)Nc1ccc2c(c1)NCC(CNS(=O)(=O)C1CC1)O2. The number of ether oxygens (including phenoxy) is 1. The molecule has 1 aromatic rings. The number of anilines is 2. The maximum Gasteiger partial charge on any atom is 0.409 e. The van der Waals surface area contributed by atoms with Crippen LogP contribution in [0.4, 0.5) is 16.2 Å². The van der Waals surface area contributed by atoms with Gasteiger partial charge in [-0.2, -0.15) is 0 Å². The van der Waals surface area contributed by atoms with Crippen molar-refractivity contribution in [2.75, 3.05) is 23.7 Å². The van der Waals surface area contributed by atoms with Crippen LogP contribution in [0, 0.1) is 0 Å². The van der Waals surface area contributed by atoms with E-state index in [1.54, 1.807) is 18.2 Å². The second kappa shape index (κ2) is 5.65. The van der Waals surface area contributed by atoms with Crippen molar-refractivity contribution in [1.82, 2.24) is 4.72 Å². The molecule has 2 aliphatic rings. The molecule has 1 aromatic carbocycles. The van der Waals surface area contributed by atoms with E-state index in [1.807, 2.05) is 0 Å². The molecule has 1 aliphatic heterocycles. The van der Waals surface area contributed by atoms with Crippen molar-refractivity contribution in [3.05, 3.63) is 18.2 Å². The lowest BCUT2D eigenvalue weighted by molar-refractivity contribution is 0.208. The van der Waals surface area contributed by atoms with Gasteiger partial charge in [0.1, 0.15) is 11.9 Å². The molecule has 120 valence electrons. The summed E-state index contributed by atoms with van der Waals surface area (Å²) in [5.74, 6) is 0.567. The number of amides is 1. The molecule has 1 aliphatic carbocycles. The third-order valence-electron chi connectivity index (χ3n) is 3.52. The van der Waals surface area contributed by atoms with Gasteiger partial charge in [-0.1, -0.05) is 0 Å². The van der Waals surface area contributed by atoms with Gasteiger partial charge in [0.2, 0.25) is 10.0 Å². The fourth-order valence-electron chi connectivity index (χ4n) is 2.24. The van der Waals surface area contributed by atoms with Gasteiger partial charge in [-0.05, 0) is 31.0 Å². The number of fused-ring (bicyclic) bond motifs is 1. The number of rotatable bonds is 5. The Labute approximate surface area is 127 Å². The minimum Gasteiger partial charge on any atom is -0.485 e. The van der Waals surface area contributed by atoms with Gasteiger partial charge in [0.05, 0.1) is 17.5 Å². The van der Waals surface area contributed by atoms with Crippen molar-refractivity contribution in [3.63, 3.8) is 0 Å². The fraction of sp³-hybridized carbons (Fsp3) is 0.462. The van der Waals surface area contributed by atoms with Gasteiger partial charge in [0, 0.05) is 12.2 Å². The first-order chi connectivity index (χ1) is 10.4. The molecule has 0 spiro atoms. The summed E-state index contributed by atoms with van der Waals surface area (Å²) < 4.78 is 31.9. The number of carboxylic acid groups (broad SMARTS) is 1. The third kappa shape index (κ3) is 3.42. The first-order valence-corrected chi connectivity index (χ1v) is 8.52. The second-order valence-corrected chi connectivity index (χ2v) is 7.40. The van der Waals surface area contributed by atoms with E-state index in [0.29, 0.717) is 23.7 Å². The van der Waals surface area contributed by atoms with Crippen LogP contribution in [0.5, 0.6) is 5.75 Å². The van der Waals surface area contributed by atoms with Crippen LogP contribution in [0.25, 0.3) is 0 Å². The number of hydrogen-bond donors (Lipinski definition) is 4. The van der Waals surface area contributed by atoms with Crippen molar-refractivity contribution >= 4 is 27.5 Å². The average Bonchev–Trinajstić information content (AvgIpc) is 3.29. The normalized spacial score (nSPS) is 20.5. The van der Waals surface area contributed by atoms with Crippen LogP contribution in [0.2, 0.25) is 0 Å². The van der Waals surface area contributed by atoms with Crippen LogP contribution in [-0.2, 0) is 10.0 Å². The van der Waals surface area contributed by atoms with E-state index in [4.69, 9.17) is 9.84 Å². The van der Waals surface area contributed by atoms with Gasteiger partial charge in [-0.3, -0.25) is 5.32 Å². The fourth-order valence-corrected chi connectivity index (χ4v) is 3.65. The largest absolute Gasteiger partial charge is 0.485 e. The van der Waals surface area contributed by atoms with E-state index >= 15 is 0 Å². The molecule has 0 aromatic heterocycles. The molecule has 0 saturated heterocycles. The van der Waals surface area contributed by atoms with Gasteiger partial charge in [-0.25, -0.2) is 17.9 Å². The lowest BCUT2D eigenvalue weighted by atomic mass is 10.2. The summed E-state index contributed by atoms with van der Waals surface area (Å²) >= 11 is 0. The molecule has 1 heterocycles. The van der Waals surface area contributed by atoms with Crippen LogP contribution in [0.15, 0.2) is 18.2 Å². The first-order valence-electron chi connectivity index (χ1n) is 6.97. The Hall–Kier alpha value is -2.00. The van der Waals surface area contributed by atoms with E-state index in [2.05, 4.69) is 15.4 Å². The molecule has 3 rings (SSSR count). The predicted molar refractivity (Wildman–Crippen MR) is 80.9 cm³/mol. The highest BCUT2D eigenvalue weighted by atomic mass is 32.2. The zero-order chi connectivity index (χ0) is 15.7. The van der Waals surface area contributed by atoms with E-state index in [9.17, 15) is 13.2 Å². The van der Waals surface area contributed by atoms with Gasteiger partial charge >= 0.3 is 6.09 Å². The number of carbonyl (C=O) groups is 1. The van der Waals surface area contributed by atoms with E-state index < -0.39 is 16.1 Å². The van der Waals surface area contributed by atoms with Crippen molar-refractivity contribution in [2.45, 2.75) is 24.2 Å². The maximum absolute atomic E-state index is 11.8. The summed E-state index contributed by atoms with van der Waals surface area (Å²) in [5, 5.41) is 13.8. The molecule has 0 bridgehead atoms. The number of nitrogens with one attached hydrogen (secondary N) is 3. The molecule has 22 heavy (non-hydrogen) atoms. The Morgan fingerprint density at radius 2 is 2.18 bits per heavy atom. The standard InChI is InChI=1S/C13H17N3O5S/c17-13(18)16-8-1-4-12-11(5-8)14-6-9(21-12)7-15-22(19,20)10-2-3-10/h1,4-5,9-10,14-16H,2-3,6-7H2,(H,17,18). The molecule has 8 nitrogen and oxygen atoms in total. The predicted octanol–water partition coefficient (Wildman–Crippen LogP) is 1.03. The topological polar surface area (TPSA) is 117 Å². The highest BCUT2D eigenvalue weighted by molar-refractivity contribution is 7.90. The summed E-state index contributed by atoms with van der Waals surface area (Å²) in [5.41, 5.74) is 1.11. The smallest absolute Gasteiger partial charge is 0.409 e. The molecular formula is C13H17N3O5S. The van der Waals surface area contributed by atoms with Crippen molar-refractivity contribution in [3.8, 4) is 5.75 Å². The van der Waals surface area contributed by atoms with Crippen LogP contribution < -0.4 is 20.1 Å². The summed E-state index contributed by atoms with van der Waals surface area (Å²) in [6, 6.07) is 4.87. The second-order valence-electron chi connectivity index (χ2n) is 5.35. The van der Waals surface area contributed by atoms with Crippen LogP contribution in [0.3, 0.4) is 0 Å². The van der Waals surface area contributed by atoms with Gasteiger partial charge in [0.25, 0.3) is 0 Å². The van der Waals surface area contributed by atoms with Crippen molar-refractivity contribution in [1.29, 1.82) is 0 Å². The van der Waals surface area contributed by atoms with Gasteiger partial charge in [0.15, 0.2) is 0 Å². The molecule has 1 unspecified atom stereocenters. The number of hydrogen-bond acceptors (Lipinski definition) is 5. The lowest BCUT2D eigenvalue weighted by Crippen LogP contribution is -2.42. The third-order valence-corrected chi connectivity index (χ3v) is 5.44. The van der Waals surface area contributed by atoms with Gasteiger partial charge in [-0.15, -0.1) is 0 Å². The van der Waals surface area contributed by atoms with Crippen LogP contribution in [0.1, 0.15) is 12.8 Å².